The fraction of sp³-hybridized carbons (Fsp3) is 0.125. The molecule has 0 fully saturated rings. The number of benzene rings is 1. The first kappa shape index (κ1) is 14.7. The van der Waals surface area contributed by atoms with Gasteiger partial charge in [0.1, 0.15) is 5.82 Å². The molecule has 0 saturated heterocycles. The van der Waals surface area contributed by atoms with Crippen molar-refractivity contribution in [1.29, 1.82) is 0 Å². The fourth-order valence-electron chi connectivity index (χ4n) is 2.01. The molecule has 3 rings (SSSR count). The van der Waals surface area contributed by atoms with E-state index in [0.717, 1.165) is 11.4 Å². The summed E-state index contributed by atoms with van der Waals surface area (Å²) in [6.07, 6.45) is 1.68. The van der Waals surface area contributed by atoms with Crippen LogP contribution in [0.25, 0.3) is 22.9 Å². The number of carboxylic acids is 1. The van der Waals surface area contributed by atoms with E-state index >= 15 is 0 Å². The third-order valence-electron chi connectivity index (χ3n) is 3.25. The standard InChI is InChI=1S/C16H14N4O3/c1-20(2)13-9-12(7-8-17-13)15-19-18-14(23-15)10-3-5-11(6-4-10)16(21)22/h3-9H,1-2H3,(H,21,22). The van der Waals surface area contributed by atoms with Crippen molar-refractivity contribution >= 4 is 11.8 Å². The molecule has 0 amide bonds. The minimum atomic E-state index is -0.976. The largest absolute Gasteiger partial charge is 0.478 e. The van der Waals surface area contributed by atoms with Crippen LogP contribution in [-0.2, 0) is 0 Å². The zero-order valence-electron chi connectivity index (χ0n) is 12.6. The lowest BCUT2D eigenvalue weighted by molar-refractivity contribution is 0.0697. The molecule has 0 unspecified atom stereocenters. The molecule has 3 aromatic rings. The highest BCUT2D eigenvalue weighted by atomic mass is 16.4. The molecule has 23 heavy (non-hydrogen) atoms. The smallest absolute Gasteiger partial charge is 0.335 e. The van der Waals surface area contributed by atoms with Crippen LogP contribution in [0.15, 0.2) is 47.0 Å². The summed E-state index contributed by atoms with van der Waals surface area (Å²) in [4.78, 5) is 17.0. The average molecular weight is 310 g/mol. The molecule has 7 heteroatoms. The van der Waals surface area contributed by atoms with Crippen LogP contribution in [0.5, 0.6) is 0 Å². The molecule has 116 valence electrons. The van der Waals surface area contributed by atoms with Gasteiger partial charge >= 0.3 is 5.97 Å². The van der Waals surface area contributed by atoms with Crippen molar-refractivity contribution in [2.45, 2.75) is 0 Å². The number of carbonyl (C=O) groups is 1. The summed E-state index contributed by atoms with van der Waals surface area (Å²) >= 11 is 0. The first-order valence-corrected chi connectivity index (χ1v) is 6.85. The summed E-state index contributed by atoms with van der Waals surface area (Å²) < 4.78 is 5.67. The Kier molecular flexibility index (Phi) is 3.76. The Morgan fingerprint density at radius 3 is 2.30 bits per heavy atom. The number of hydrogen-bond acceptors (Lipinski definition) is 6. The quantitative estimate of drug-likeness (QED) is 0.791. The van der Waals surface area contributed by atoms with Crippen molar-refractivity contribution in [2.75, 3.05) is 19.0 Å². The van der Waals surface area contributed by atoms with Crippen molar-refractivity contribution in [3.05, 3.63) is 48.2 Å². The van der Waals surface area contributed by atoms with E-state index in [-0.39, 0.29) is 5.56 Å². The number of anilines is 1. The maximum absolute atomic E-state index is 10.9. The molecular formula is C16H14N4O3. The van der Waals surface area contributed by atoms with Crippen LogP contribution in [0.3, 0.4) is 0 Å². The van der Waals surface area contributed by atoms with Gasteiger partial charge in [-0.2, -0.15) is 0 Å². The molecule has 0 radical (unpaired) electrons. The van der Waals surface area contributed by atoms with E-state index in [9.17, 15) is 4.79 Å². The van der Waals surface area contributed by atoms with E-state index in [0.29, 0.717) is 17.3 Å². The van der Waals surface area contributed by atoms with Crippen LogP contribution in [-0.4, -0.2) is 40.4 Å². The van der Waals surface area contributed by atoms with Crippen LogP contribution < -0.4 is 4.90 Å². The second-order valence-electron chi connectivity index (χ2n) is 5.09. The van der Waals surface area contributed by atoms with E-state index < -0.39 is 5.97 Å². The number of aromatic carboxylic acids is 1. The van der Waals surface area contributed by atoms with Gasteiger partial charge in [0.05, 0.1) is 5.56 Å². The van der Waals surface area contributed by atoms with E-state index in [1.165, 1.54) is 12.1 Å². The predicted molar refractivity (Wildman–Crippen MR) is 84.3 cm³/mol. The predicted octanol–water partition coefficient (Wildman–Crippen LogP) is 2.56. The van der Waals surface area contributed by atoms with Crippen molar-refractivity contribution in [3.8, 4) is 22.9 Å². The summed E-state index contributed by atoms with van der Waals surface area (Å²) in [7, 11) is 3.80. The SMILES string of the molecule is CN(C)c1cc(-c2nnc(-c3ccc(C(=O)O)cc3)o2)ccn1. The summed E-state index contributed by atoms with van der Waals surface area (Å²) in [5.41, 5.74) is 1.64. The van der Waals surface area contributed by atoms with Crippen molar-refractivity contribution in [2.24, 2.45) is 0 Å². The molecule has 0 saturated carbocycles. The van der Waals surface area contributed by atoms with Gasteiger partial charge in [-0.25, -0.2) is 9.78 Å². The Morgan fingerprint density at radius 2 is 1.70 bits per heavy atom. The Morgan fingerprint density at radius 1 is 1.04 bits per heavy atom. The maximum Gasteiger partial charge on any atom is 0.335 e. The van der Waals surface area contributed by atoms with Crippen molar-refractivity contribution in [3.63, 3.8) is 0 Å². The van der Waals surface area contributed by atoms with Gasteiger partial charge in [-0.1, -0.05) is 0 Å². The molecule has 2 aromatic heterocycles. The molecule has 7 nitrogen and oxygen atoms in total. The van der Waals surface area contributed by atoms with E-state index in [1.54, 1.807) is 24.4 Å². The van der Waals surface area contributed by atoms with E-state index in [2.05, 4.69) is 15.2 Å². The average Bonchev–Trinajstić information content (AvgIpc) is 3.05. The van der Waals surface area contributed by atoms with Gasteiger partial charge in [-0.15, -0.1) is 10.2 Å². The van der Waals surface area contributed by atoms with Gasteiger partial charge in [0.25, 0.3) is 0 Å². The van der Waals surface area contributed by atoms with Crippen LogP contribution >= 0.6 is 0 Å². The normalized spacial score (nSPS) is 10.5. The minimum absolute atomic E-state index is 0.207. The number of pyridine rings is 1. The fourth-order valence-corrected chi connectivity index (χ4v) is 2.01. The lowest BCUT2D eigenvalue weighted by Crippen LogP contribution is -2.10. The van der Waals surface area contributed by atoms with Gasteiger partial charge in [-0.05, 0) is 36.4 Å². The molecule has 0 aliphatic rings. The highest BCUT2D eigenvalue weighted by Crippen LogP contribution is 2.25. The second kappa shape index (κ2) is 5.88. The molecule has 0 spiro atoms. The molecule has 1 aromatic carbocycles. The second-order valence-corrected chi connectivity index (χ2v) is 5.09. The highest BCUT2D eigenvalue weighted by molar-refractivity contribution is 5.88. The number of carboxylic acid groups (broad SMARTS) is 1. The maximum atomic E-state index is 10.9. The monoisotopic (exact) mass is 310 g/mol. The van der Waals surface area contributed by atoms with Gasteiger partial charge in [0.2, 0.25) is 11.8 Å². The third kappa shape index (κ3) is 3.03. The van der Waals surface area contributed by atoms with E-state index in [4.69, 9.17) is 9.52 Å². The molecule has 2 heterocycles. The molecule has 0 aliphatic heterocycles. The van der Waals surface area contributed by atoms with Crippen LogP contribution in [0.1, 0.15) is 10.4 Å². The first-order chi connectivity index (χ1) is 11.0. The number of aromatic nitrogens is 3. The molecule has 0 atom stereocenters. The van der Waals surface area contributed by atoms with Gasteiger partial charge in [-0.3, -0.25) is 0 Å². The lowest BCUT2D eigenvalue weighted by Gasteiger charge is -2.10. The molecule has 0 aliphatic carbocycles. The Bertz CT molecular complexity index is 841. The van der Waals surface area contributed by atoms with Crippen molar-refractivity contribution < 1.29 is 14.3 Å². The molecule has 0 bridgehead atoms. The van der Waals surface area contributed by atoms with Crippen LogP contribution in [0.2, 0.25) is 0 Å². The Hall–Kier alpha value is -3.22. The van der Waals surface area contributed by atoms with Crippen LogP contribution in [0.4, 0.5) is 5.82 Å². The zero-order chi connectivity index (χ0) is 16.4. The summed E-state index contributed by atoms with van der Waals surface area (Å²) in [5, 5.41) is 17.0. The third-order valence-corrected chi connectivity index (χ3v) is 3.25. The van der Waals surface area contributed by atoms with Gasteiger partial charge in [0, 0.05) is 31.4 Å². The van der Waals surface area contributed by atoms with Crippen molar-refractivity contribution in [1.82, 2.24) is 15.2 Å². The highest BCUT2D eigenvalue weighted by Gasteiger charge is 2.12. The summed E-state index contributed by atoms with van der Waals surface area (Å²) in [6.45, 7) is 0. The van der Waals surface area contributed by atoms with Gasteiger partial charge in [0.15, 0.2) is 0 Å². The number of rotatable bonds is 4. The Labute approximate surface area is 132 Å². The van der Waals surface area contributed by atoms with Gasteiger partial charge < -0.3 is 14.4 Å². The zero-order valence-corrected chi connectivity index (χ0v) is 12.6. The van der Waals surface area contributed by atoms with E-state index in [1.807, 2.05) is 25.1 Å². The lowest BCUT2D eigenvalue weighted by atomic mass is 10.1. The summed E-state index contributed by atoms with van der Waals surface area (Å²) in [5.74, 6) is 0.525. The topological polar surface area (TPSA) is 92.4 Å². The minimum Gasteiger partial charge on any atom is -0.478 e. The number of nitrogens with zero attached hydrogens (tertiary/aromatic N) is 4. The Balaban J connectivity index is 1.91. The first-order valence-electron chi connectivity index (χ1n) is 6.85. The summed E-state index contributed by atoms with van der Waals surface area (Å²) in [6, 6.07) is 9.91. The molecular weight excluding hydrogens is 296 g/mol. The van der Waals surface area contributed by atoms with Crippen LogP contribution in [0, 0.1) is 0 Å². The molecule has 1 N–H and O–H groups in total. The number of hydrogen-bond donors (Lipinski definition) is 1.